The number of aliphatic carboxylic acids is 1. The van der Waals surface area contributed by atoms with Crippen molar-refractivity contribution in [2.24, 2.45) is 5.92 Å². The highest BCUT2D eigenvalue weighted by Gasteiger charge is 2.28. The molecule has 1 aromatic carbocycles. The number of rotatable bonds is 10. The number of fused-ring (bicyclic) bond motifs is 1. The van der Waals surface area contributed by atoms with E-state index in [9.17, 15) is 13.6 Å². The Labute approximate surface area is 258 Å². The second kappa shape index (κ2) is 13.6. The van der Waals surface area contributed by atoms with Crippen molar-refractivity contribution in [3.05, 3.63) is 42.2 Å². The fourth-order valence-electron chi connectivity index (χ4n) is 5.65. The monoisotopic (exact) mass is 633 g/mol. The molecule has 0 radical (unpaired) electrons. The van der Waals surface area contributed by atoms with Gasteiger partial charge in [0.25, 0.3) is 5.78 Å². The van der Waals surface area contributed by atoms with Gasteiger partial charge in [0.15, 0.2) is 17.3 Å². The van der Waals surface area contributed by atoms with Crippen LogP contribution in [0.5, 0.6) is 5.75 Å². The minimum Gasteiger partial charge on any atom is -0.490 e. The summed E-state index contributed by atoms with van der Waals surface area (Å²) in [5, 5.41) is 13.1. The molecule has 0 saturated carbocycles. The molecule has 2 saturated heterocycles. The van der Waals surface area contributed by atoms with E-state index in [1.807, 2.05) is 4.90 Å². The first-order chi connectivity index (χ1) is 20.8. The van der Waals surface area contributed by atoms with Crippen molar-refractivity contribution < 1.29 is 27.8 Å². The first-order valence-corrected chi connectivity index (χ1v) is 14.3. The second-order valence-corrected chi connectivity index (χ2v) is 10.8. The third kappa shape index (κ3) is 6.94. The predicted molar refractivity (Wildman–Crippen MR) is 160 cm³/mol. The molecular weight excluding hydrogens is 600 g/mol. The van der Waals surface area contributed by atoms with E-state index in [0.717, 1.165) is 51.6 Å². The number of piperazine rings is 1. The Morgan fingerprint density at radius 1 is 1.09 bits per heavy atom. The number of halogens is 3. The zero-order valence-electron chi connectivity index (χ0n) is 23.9. The minimum atomic E-state index is -0.950. The van der Waals surface area contributed by atoms with Crippen LogP contribution in [0, 0.1) is 17.6 Å². The van der Waals surface area contributed by atoms with E-state index in [4.69, 9.17) is 20.0 Å². The van der Waals surface area contributed by atoms with Crippen molar-refractivity contribution in [2.45, 2.75) is 25.7 Å². The molecule has 5 heterocycles. The first-order valence-electron chi connectivity index (χ1n) is 14.3. The summed E-state index contributed by atoms with van der Waals surface area (Å²) in [5.74, 6) is -0.107. The number of anilines is 3. The van der Waals surface area contributed by atoms with Crippen LogP contribution in [0.3, 0.4) is 0 Å². The smallest absolute Gasteiger partial charge is 0.303 e. The lowest BCUT2D eigenvalue weighted by Gasteiger charge is -2.40. The zero-order valence-corrected chi connectivity index (χ0v) is 24.8. The van der Waals surface area contributed by atoms with Crippen LogP contribution in [-0.4, -0.2) is 93.0 Å². The van der Waals surface area contributed by atoms with Gasteiger partial charge in [-0.15, -0.1) is 17.5 Å². The maximum Gasteiger partial charge on any atom is 0.303 e. The summed E-state index contributed by atoms with van der Waals surface area (Å²) in [7, 11) is 0. The Balaban J connectivity index is 0.00000384. The van der Waals surface area contributed by atoms with E-state index in [-0.39, 0.29) is 49.2 Å². The highest BCUT2D eigenvalue weighted by molar-refractivity contribution is 5.85. The van der Waals surface area contributed by atoms with E-state index in [1.54, 1.807) is 18.4 Å². The fourth-order valence-corrected chi connectivity index (χ4v) is 5.65. The van der Waals surface area contributed by atoms with Gasteiger partial charge in [0.2, 0.25) is 17.7 Å². The van der Waals surface area contributed by atoms with Gasteiger partial charge in [-0.2, -0.15) is 19.5 Å². The number of nitrogens with two attached hydrogens (primary N) is 1. The van der Waals surface area contributed by atoms with Gasteiger partial charge in [0.1, 0.15) is 5.82 Å². The number of hydrogen-bond donors (Lipinski definition) is 2. The van der Waals surface area contributed by atoms with Crippen LogP contribution >= 0.6 is 12.4 Å². The molecule has 2 aliphatic rings. The average Bonchev–Trinajstić information content (AvgIpc) is 3.68. The van der Waals surface area contributed by atoms with E-state index in [0.29, 0.717) is 42.3 Å². The zero-order chi connectivity index (χ0) is 29.9. The molecule has 4 aromatic rings. The molecule has 0 aliphatic carbocycles. The van der Waals surface area contributed by atoms with Gasteiger partial charge < -0.3 is 29.8 Å². The van der Waals surface area contributed by atoms with Crippen LogP contribution in [0.1, 0.15) is 25.7 Å². The number of carboxylic acids is 1. The topological polar surface area (TPSA) is 151 Å². The van der Waals surface area contributed by atoms with E-state index in [2.05, 4.69) is 29.9 Å². The highest BCUT2D eigenvalue weighted by atomic mass is 35.5. The number of hydrogen-bond acceptors (Lipinski definition) is 11. The molecule has 16 heteroatoms. The van der Waals surface area contributed by atoms with Gasteiger partial charge in [0, 0.05) is 64.4 Å². The molecular formula is C28H34ClF2N9O4. The molecule has 2 fully saturated rings. The lowest BCUT2D eigenvalue weighted by Crippen LogP contribution is -2.50. The van der Waals surface area contributed by atoms with Gasteiger partial charge in [-0.1, -0.05) is 0 Å². The number of furan rings is 1. The molecule has 13 nitrogen and oxygen atoms in total. The number of ether oxygens (including phenoxy) is 1. The van der Waals surface area contributed by atoms with Gasteiger partial charge in [-0.25, -0.2) is 8.78 Å². The third-order valence-corrected chi connectivity index (χ3v) is 7.79. The van der Waals surface area contributed by atoms with Crippen molar-refractivity contribution in [3.63, 3.8) is 0 Å². The van der Waals surface area contributed by atoms with Gasteiger partial charge in [-0.05, 0) is 37.3 Å². The molecule has 0 unspecified atom stereocenters. The number of nitrogens with zero attached hydrogens (tertiary/aromatic N) is 8. The van der Waals surface area contributed by atoms with Crippen molar-refractivity contribution in [2.75, 3.05) is 68.0 Å². The fraction of sp³-hybridized carbons (Fsp3) is 0.464. The molecule has 0 amide bonds. The number of piperidine rings is 1. The van der Waals surface area contributed by atoms with Gasteiger partial charge in [-0.3, -0.25) is 9.69 Å². The summed E-state index contributed by atoms with van der Waals surface area (Å²) in [6.45, 7) is 5.11. The number of benzene rings is 1. The summed E-state index contributed by atoms with van der Waals surface area (Å²) < 4.78 is 41.2. The molecule has 236 valence electrons. The average molecular weight is 634 g/mol. The summed E-state index contributed by atoms with van der Waals surface area (Å²) in [4.78, 5) is 30.7. The molecule has 2 aliphatic heterocycles. The van der Waals surface area contributed by atoms with E-state index in [1.165, 1.54) is 10.6 Å². The highest BCUT2D eigenvalue weighted by Crippen LogP contribution is 2.30. The number of carbonyl (C=O) groups is 1. The second-order valence-electron chi connectivity index (χ2n) is 10.8. The lowest BCUT2D eigenvalue weighted by molar-refractivity contribution is -0.137. The van der Waals surface area contributed by atoms with Crippen molar-refractivity contribution in [1.29, 1.82) is 0 Å². The predicted octanol–water partition coefficient (Wildman–Crippen LogP) is 3.34. The molecule has 0 bridgehead atoms. The Morgan fingerprint density at radius 3 is 2.66 bits per heavy atom. The van der Waals surface area contributed by atoms with Crippen LogP contribution in [0.2, 0.25) is 0 Å². The maximum absolute atomic E-state index is 14.7. The third-order valence-electron chi connectivity index (χ3n) is 7.79. The number of aromatic nitrogens is 5. The molecule has 3 N–H and O–H groups in total. The first kappa shape index (κ1) is 31.2. The van der Waals surface area contributed by atoms with E-state index < -0.39 is 17.6 Å². The van der Waals surface area contributed by atoms with Crippen LogP contribution in [-0.2, 0) is 4.79 Å². The standard InChI is InChI=1S/C28H33F2N9O4.ClH/c29-19-14-20(30)23(43-13-3-6-24(40)41)15-21(19)37-10-8-36(9-11-37)16-18-4-1-7-38(17-18)27-33-26(31)39-28(34-27)32-25(35-39)22-5-2-12-42-22;/h2,5,12,14-15,18H,1,3-4,6-11,13,16-17H2,(H,40,41)(H2,31,32,33,34,35);1H/t18-;/m0./s1. The number of nitrogen functional groups attached to an aromatic ring is 1. The van der Waals surface area contributed by atoms with Crippen LogP contribution in [0.25, 0.3) is 17.4 Å². The van der Waals surface area contributed by atoms with Crippen LogP contribution < -0.4 is 20.3 Å². The van der Waals surface area contributed by atoms with Crippen LogP contribution in [0.4, 0.5) is 26.4 Å². The molecule has 1 atom stereocenters. The Morgan fingerprint density at radius 2 is 1.91 bits per heavy atom. The lowest BCUT2D eigenvalue weighted by atomic mass is 9.97. The normalized spacial score (nSPS) is 17.5. The summed E-state index contributed by atoms with van der Waals surface area (Å²) in [6.07, 6.45) is 3.76. The SMILES string of the molecule is Cl.Nc1nc(N2CCC[C@@H](CN3CCN(c4cc(OCCCC(=O)O)c(F)cc4F)CC3)C2)nc2nc(-c3ccco3)nn12. The molecule has 0 spiro atoms. The summed E-state index contributed by atoms with van der Waals surface area (Å²) in [5.41, 5.74) is 6.49. The Hall–Kier alpha value is -4.24. The quantitative estimate of drug-likeness (QED) is 0.246. The Bertz CT molecular complexity index is 1580. The molecule has 6 rings (SSSR count). The van der Waals surface area contributed by atoms with Crippen molar-refractivity contribution in [3.8, 4) is 17.3 Å². The van der Waals surface area contributed by atoms with E-state index >= 15 is 0 Å². The molecule has 3 aromatic heterocycles. The summed E-state index contributed by atoms with van der Waals surface area (Å²) in [6, 6.07) is 5.73. The minimum absolute atomic E-state index is 0. The van der Waals surface area contributed by atoms with Gasteiger partial charge in [0.05, 0.1) is 18.6 Å². The van der Waals surface area contributed by atoms with Crippen LogP contribution in [0.15, 0.2) is 34.9 Å². The largest absolute Gasteiger partial charge is 0.490 e. The van der Waals surface area contributed by atoms with Crippen molar-refractivity contribution in [1.82, 2.24) is 29.5 Å². The summed E-state index contributed by atoms with van der Waals surface area (Å²) >= 11 is 0. The number of carboxylic acid groups (broad SMARTS) is 1. The Kier molecular flexibility index (Phi) is 9.64. The van der Waals surface area contributed by atoms with Crippen molar-refractivity contribution >= 4 is 41.7 Å². The molecule has 44 heavy (non-hydrogen) atoms. The van der Waals surface area contributed by atoms with Gasteiger partial charge >= 0.3 is 5.97 Å². The maximum atomic E-state index is 14.7.